The standard InChI is InChI=1S/C36H21BN2O/c1-2-12-23(13-3-1)38-30-19-8-7-18-29(30)37-33-28(21-22-11-4-5-14-24(22)35(33)38)25-16-10-17-27-32-26-15-6-9-20-31(26)40-36(32)39(37)34(25)27/h1-21H. The molecule has 2 aliphatic heterocycles. The zero-order valence-corrected chi connectivity index (χ0v) is 21.5. The second-order valence-electron chi connectivity index (χ2n) is 10.9. The Morgan fingerprint density at radius 1 is 0.600 bits per heavy atom. The van der Waals surface area contributed by atoms with Crippen LogP contribution in [0.25, 0.3) is 54.9 Å². The summed E-state index contributed by atoms with van der Waals surface area (Å²) in [5.41, 5.74) is 11.9. The van der Waals surface area contributed by atoms with E-state index in [2.05, 4.69) is 137 Å². The molecule has 0 saturated carbocycles. The summed E-state index contributed by atoms with van der Waals surface area (Å²) in [6.45, 7) is -0.0127. The molecule has 2 aliphatic rings. The molecule has 0 atom stereocenters. The lowest BCUT2D eigenvalue weighted by Crippen LogP contribution is -2.56. The lowest BCUT2D eigenvalue weighted by Gasteiger charge is -2.40. The van der Waals surface area contributed by atoms with E-state index in [1.165, 1.54) is 65.9 Å². The number of furan rings is 1. The van der Waals surface area contributed by atoms with Gasteiger partial charge in [-0.3, -0.25) is 0 Å². The summed E-state index contributed by atoms with van der Waals surface area (Å²) in [6.07, 6.45) is 0. The highest BCUT2D eigenvalue weighted by atomic mass is 16.3. The highest BCUT2D eigenvalue weighted by molar-refractivity contribution is 6.90. The SMILES string of the molecule is c1ccc(N2c3ccccc3B3c4c(cc5ccccc5c42)-c2cccc4c5c6ccccc6oc5n3c24)cc1. The predicted octanol–water partition coefficient (Wildman–Crippen LogP) is 8.11. The van der Waals surface area contributed by atoms with Gasteiger partial charge in [0, 0.05) is 38.6 Å². The number of para-hydroxylation sites is 4. The summed E-state index contributed by atoms with van der Waals surface area (Å²) in [6, 6.07) is 46.1. The number of anilines is 3. The summed E-state index contributed by atoms with van der Waals surface area (Å²) in [5.74, 6) is 0. The van der Waals surface area contributed by atoms with Crippen LogP contribution in [0.1, 0.15) is 0 Å². The molecule has 40 heavy (non-hydrogen) atoms. The molecular weight excluding hydrogens is 487 g/mol. The monoisotopic (exact) mass is 508 g/mol. The Morgan fingerprint density at radius 3 is 2.27 bits per heavy atom. The number of rotatable bonds is 1. The summed E-state index contributed by atoms with van der Waals surface area (Å²) in [4.78, 5) is 2.47. The Bertz CT molecular complexity index is 2350. The highest BCUT2D eigenvalue weighted by Crippen LogP contribution is 2.48. The van der Waals surface area contributed by atoms with Crippen molar-refractivity contribution in [2.45, 2.75) is 0 Å². The topological polar surface area (TPSA) is 21.3 Å². The maximum absolute atomic E-state index is 6.72. The molecule has 0 unspecified atom stereocenters. The molecule has 2 aromatic heterocycles. The molecule has 4 heteroatoms. The summed E-state index contributed by atoms with van der Waals surface area (Å²) in [5, 5.41) is 6.13. The molecule has 0 aliphatic carbocycles. The van der Waals surface area contributed by atoms with E-state index in [1.807, 2.05) is 0 Å². The van der Waals surface area contributed by atoms with E-state index in [0.29, 0.717) is 0 Å². The fourth-order valence-electron chi connectivity index (χ4n) is 7.43. The van der Waals surface area contributed by atoms with Crippen LogP contribution in [0.5, 0.6) is 0 Å². The quantitative estimate of drug-likeness (QED) is 0.209. The van der Waals surface area contributed by atoms with Crippen molar-refractivity contribution in [3.05, 3.63) is 127 Å². The Balaban J connectivity index is 1.46. The third kappa shape index (κ3) is 2.39. The van der Waals surface area contributed by atoms with E-state index in [-0.39, 0.29) is 6.85 Å². The van der Waals surface area contributed by atoms with Gasteiger partial charge in [-0.25, -0.2) is 0 Å². The van der Waals surface area contributed by atoms with Crippen molar-refractivity contribution in [1.29, 1.82) is 0 Å². The van der Waals surface area contributed by atoms with Gasteiger partial charge < -0.3 is 13.8 Å². The lowest BCUT2D eigenvalue weighted by molar-refractivity contribution is 0.651. The molecule has 0 amide bonds. The van der Waals surface area contributed by atoms with E-state index >= 15 is 0 Å². The number of benzene rings is 6. The molecule has 0 fully saturated rings. The van der Waals surface area contributed by atoms with Crippen molar-refractivity contribution >= 4 is 78.6 Å². The fourth-order valence-corrected chi connectivity index (χ4v) is 7.43. The van der Waals surface area contributed by atoms with Gasteiger partial charge in [0.2, 0.25) is 0 Å². The number of aromatic nitrogens is 1. The van der Waals surface area contributed by atoms with E-state index in [4.69, 9.17) is 4.42 Å². The lowest BCUT2D eigenvalue weighted by atomic mass is 9.45. The molecule has 3 nitrogen and oxygen atoms in total. The van der Waals surface area contributed by atoms with Gasteiger partial charge in [-0.1, -0.05) is 97.1 Å². The second-order valence-corrected chi connectivity index (χ2v) is 10.9. The average Bonchev–Trinajstić information content (AvgIpc) is 3.55. The summed E-state index contributed by atoms with van der Waals surface area (Å²) >= 11 is 0. The Morgan fingerprint density at radius 2 is 1.35 bits per heavy atom. The van der Waals surface area contributed by atoms with Gasteiger partial charge in [-0.2, -0.15) is 0 Å². The minimum Gasteiger partial charge on any atom is -0.441 e. The van der Waals surface area contributed by atoms with Crippen LogP contribution >= 0.6 is 0 Å². The molecule has 8 aromatic rings. The van der Waals surface area contributed by atoms with Crippen LogP contribution in [0.3, 0.4) is 0 Å². The molecule has 4 heterocycles. The molecule has 10 rings (SSSR count). The summed E-state index contributed by atoms with van der Waals surface area (Å²) in [7, 11) is 0. The molecule has 0 radical (unpaired) electrons. The third-order valence-electron chi connectivity index (χ3n) is 8.94. The normalized spacial score (nSPS) is 13.4. The number of hydrogen-bond acceptors (Lipinski definition) is 2. The Hall–Kier alpha value is -5.22. The predicted molar refractivity (Wildman–Crippen MR) is 167 cm³/mol. The van der Waals surface area contributed by atoms with E-state index in [9.17, 15) is 0 Å². The zero-order valence-electron chi connectivity index (χ0n) is 21.5. The van der Waals surface area contributed by atoms with Gasteiger partial charge in [0.05, 0.1) is 11.1 Å². The molecule has 0 spiro atoms. The van der Waals surface area contributed by atoms with Gasteiger partial charge in [-0.15, -0.1) is 0 Å². The minimum absolute atomic E-state index is 0.0127. The second kappa shape index (κ2) is 7.25. The Kier molecular flexibility index (Phi) is 3.75. The third-order valence-corrected chi connectivity index (χ3v) is 8.94. The van der Waals surface area contributed by atoms with Crippen molar-refractivity contribution in [2.24, 2.45) is 0 Å². The highest BCUT2D eigenvalue weighted by Gasteiger charge is 2.44. The summed E-state index contributed by atoms with van der Waals surface area (Å²) < 4.78 is 9.21. The largest absolute Gasteiger partial charge is 0.441 e. The maximum Gasteiger partial charge on any atom is 0.336 e. The first-order chi connectivity index (χ1) is 19.9. The molecule has 0 bridgehead atoms. The van der Waals surface area contributed by atoms with Gasteiger partial charge in [0.25, 0.3) is 0 Å². The maximum atomic E-state index is 6.72. The fraction of sp³-hybridized carbons (Fsp3) is 0. The van der Waals surface area contributed by atoms with Crippen LogP contribution in [0, 0.1) is 0 Å². The molecule has 184 valence electrons. The van der Waals surface area contributed by atoms with Gasteiger partial charge in [-0.05, 0) is 52.2 Å². The van der Waals surface area contributed by atoms with Crippen LogP contribution in [-0.2, 0) is 0 Å². The van der Waals surface area contributed by atoms with Crippen molar-refractivity contribution in [3.8, 4) is 11.1 Å². The Labute approximate surface area is 230 Å². The van der Waals surface area contributed by atoms with Crippen LogP contribution in [-0.4, -0.2) is 11.3 Å². The van der Waals surface area contributed by atoms with Crippen molar-refractivity contribution in [2.75, 3.05) is 4.90 Å². The van der Waals surface area contributed by atoms with Crippen LogP contribution in [0.15, 0.2) is 132 Å². The van der Waals surface area contributed by atoms with Crippen LogP contribution in [0.4, 0.5) is 17.1 Å². The van der Waals surface area contributed by atoms with Crippen molar-refractivity contribution < 1.29 is 4.42 Å². The first-order valence-electron chi connectivity index (χ1n) is 13.8. The van der Waals surface area contributed by atoms with E-state index in [1.54, 1.807) is 0 Å². The van der Waals surface area contributed by atoms with Crippen molar-refractivity contribution in [1.82, 2.24) is 4.48 Å². The van der Waals surface area contributed by atoms with E-state index in [0.717, 1.165) is 17.0 Å². The van der Waals surface area contributed by atoms with Crippen LogP contribution < -0.4 is 15.8 Å². The molecule has 6 aromatic carbocycles. The number of hydrogen-bond donors (Lipinski definition) is 0. The zero-order chi connectivity index (χ0) is 25.9. The van der Waals surface area contributed by atoms with E-state index < -0.39 is 0 Å². The average molecular weight is 508 g/mol. The first kappa shape index (κ1) is 20.7. The molecular formula is C36H21BN2O. The van der Waals surface area contributed by atoms with Gasteiger partial charge in [0.15, 0.2) is 5.71 Å². The first-order valence-corrected chi connectivity index (χ1v) is 13.8. The van der Waals surface area contributed by atoms with Crippen LogP contribution in [0.2, 0.25) is 0 Å². The molecule has 0 saturated heterocycles. The molecule has 0 N–H and O–H groups in total. The van der Waals surface area contributed by atoms with Crippen molar-refractivity contribution in [3.63, 3.8) is 0 Å². The van der Waals surface area contributed by atoms with Gasteiger partial charge in [0.1, 0.15) is 5.58 Å². The number of fused-ring (bicyclic) bond motifs is 11. The smallest absolute Gasteiger partial charge is 0.336 e. The number of nitrogens with zero attached hydrogens (tertiary/aromatic N) is 2. The van der Waals surface area contributed by atoms with Gasteiger partial charge >= 0.3 is 6.85 Å². The minimum atomic E-state index is -0.0127.